The fourth-order valence-corrected chi connectivity index (χ4v) is 3.28. The molecule has 9 heteroatoms. The molecule has 0 bridgehead atoms. The minimum Gasteiger partial charge on any atom is -0.308 e. The molecule has 2 aromatic heterocycles. The maximum atomic E-state index is 12.4. The zero-order chi connectivity index (χ0) is 17.8. The number of thioether (sulfide) groups is 1. The monoisotopic (exact) mass is 393 g/mol. The normalized spacial score (nSPS) is 12.0. The minimum absolute atomic E-state index is 0.246. The van der Waals surface area contributed by atoms with E-state index in [2.05, 4.69) is 20.5 Å². The molecule has 0 spiro atoms. The number of benzene rings is 1. The fraction of sp³-hybridized carbons (Fsp3) is 0.125. The first-order chi connectivity index (χ1) is 12.0. The maximum absolute atomic E-state index is 12.4. The molecule has 3 rings (SSSR count). The Morgan fingerprint density at radius 1 is 1.28 bits per heavy atom. The smallest absolute Gasteiger partial charge is 0.238 e. The highest BCUT2D eigenvalue weighted by molar-refractivity contribution is 8.00. The van der Waals surface area contributed by atoms with Gasteiger partial charge in [-0.25, -0.2) is 4.98 Å². The molecule has 0 saturated heterocycles. The first kappa shape index (κ1) is 17.7. The van der Waals surface area contributed by atoms with Crippen molar-refractivity contribution in [3.05, 3.63) is 59.0 Å². The highest BCUT2D eigenvalue weighted by atomic mass is 35.5. The molecule has 0 aliphatic rings. The first-order valence-corrected chi connectivity index (χ1v) is 8.92. The molecule has 0 aliphatic heterocycles. The summed E-state index contributed by atoms with van der Waals surface area (Å²) in [5.41, 5.74) is 0.921. The van der Waals surface area contributed by atoms with Gasteiger partial charge in [0.1, 0.15) is 6.33 Å². The Morgan fingerprint density at radius 2 is 2.04 bits per heavy atom. The summed E-state index contributed by atoms with van der Waals surface area (Å²) in [6, 6.07) is 11.2. The number of nitrogens with zero attached hydrogens (tertiary/aromatic N) is 4. The highest BCUT2D eigenvalue weighted by Crippen LogP contribution is 2.26. The first-order valence-electron chi connectivity index (χ1n) is 7.28. The average molecular weight is 394 g/mol. The number of aromatic nitrogens is 4. The van der Waals surface area contributed by atoms with E-state index in [1.54, 1.807) is 13.3 Å². The van der Waals surface area contributed by atoms with E-state index in [4.69, 9.17) is 23.2 Å². The van der Waals surface area contributed by atoms with Gasteiger partial charge >= 0.3 is 0 Å². The van der Waals surface area contributed by atoms with Crippen LogP contribution in [-0.4, -0.2) is 30.9 Å². The molecule has 0 saturated carbocycles. The van der Waals surface area contributed by atoms with Crippen molar-refractivity contribution < 1.29 is 4.79 Å². The predicted molar refractivity (Wildman–Crippen MR) is 99.6 cm³/mol. The molecule has 1 atom stereocenters. The lowest BCUT2D eigenvalue weighted by Gasteiger charge is -2.12. The number of pyridine rings is 1. The number of halogens is 2. The van der Waals surface area contributed by atoms with E-state index in [1.807, 2.05) is 34.9 Å². The highest BCUT2D eigenvalue weighted by Gasteiger charge is 2.19. The Kier molecular flexibility index (Phi) is 5.57. The third kappa shape index (κ3) is 4.31. The molecule has 0 aliphatic carbocycles. The molecule has 1 amide bonds. The third-order valence-corrected chi connectivity index (χ3v) is 4.80. The van der Waals surface area contributed by atoms with Gasteiger partial charge in [0.05, 0.1) is 15.3 Å². The van der Waals surface area contributed by atoms with Crippen LogP contribution in [0, 0.1) is 0 Å². The van der Waals surface area contributed by atoms with Crippen LogP contribution in [0.2, 0.25) is 10.0 Å². The standard InChI is InChI=1S/C16H13Cl2N5OS/c1-10(15(24)21-14-13(18)7-11(17)8-19-14)25-16-22-20-9-23(16)12-5-3-2-4-6-12/h2-10H,1H3,(H,19,21,24). The number of anilines is 1. The number of carbonyl (C=O) groups excluding carboxylic acids is 1. The third-order valence-electron chi connectivity index (χ3n) is 3.25. The average Bonchev–Trinajstić information content (AvgIpc) is 3.06. The molecule has 25 heavy (non-hydrogen) atoms. The van der Waals surface area contributed by atoms with Crippen LogP contribution in [0.25, 0.3) is 5.69 Å². The van der Waals surface area contributed by atoms with E-state index in [0.717, 1.165) is 5.69 Å². The summed E-state index contributed by atoms with van der Waals surface area (Å²) in [5, 5.41) is 11.6. The van der Waals surface area contributed by atoms with Gasteiger partial charge in [-0.05, 0) is 25.1 Å². The van der Waals surface area contributed by atoms with Gasteiger partial charge in [0, 0.05) is 11.9 Å². The zero-order valence-electron chi connectivity index (χ0n) is 13.1. The molecular formula is C16H13Cl2N5OS. The van der Waals surface area contributed by atoms with E-state index in [-0.39, 0.29) is 16.7 Å². The molecule has 0 radical (unpaired) electrons. The predicted octanol–water partition coefficient (Wildman–Crippen LogP) is 4.09. The van der Waals surface area contributed by atoms with Crippen molar-refractivity contribution in [1.82, 2.24) is 19.7 Å². The van der Waals surface area contributed by atoms with Crippen molar-refractivity contribution in [1.29, 1.82) is 0 Å². The largest absolute Gasteiger partial charge is 0.308 e. The summed E-state index contributed by atoms with van der Waals surface area (Å²) >= 11 is 13.1. The quantitative estimate of drug-likeness (QED) is 0.660. The van der Waals surface area contributed by atoms with Crippen molar-refractivity contribution in [3.63, 3.8) is 0 Å². The lowest BCUT2D eigenvalue weighted by Crippen LogP contribution is -2.23. The van der Waals surface area contributed by atoms with Gasteiger partial charge in [0.25, 0.3) is 0 Å². The van der Waals surface area contributed by atoms with Crippen LogP contribution >= 0.6 is 35.0 Å². The number of hydrogen-bond acceptors (Lipinski definition) is 5. The van der Waals surface area contributed by atoms with Crippen LogP contribution in [-0.2, 0) is 4.79 Å². The topological polar surface area (TPSA) is 72.7 Å². The van der Waals surface area contributed by atoms with Crippen molar-refractivity contribution in [2.75, 3.05) is 5.32 Å². The fourth-order valence-electron chi connectivity index (χ4n) is 2.01. The summed E-state index contributed by atoms with van der Waals surface area (Å²) in [6.45, 7) is 1.77. The molecule has 1 unspecified atom stereocenters. The summed E-state index contributed by atoms with van der Waals surface area (Å²) in [4.78, 5) is 16.4. The van der Waals surface area contributed by atoms with Gasteiger partial charge in [-0.15, -0.1) is 10.2 Å². The van der Waals surface area contributed by atoms with Crippen LogP contribution in [0.1, 0.15) is 6.92 Å². The SMILES string of the molecule is CC(Sc1nncn1-c1ccccc1)C(=O)Nc1ncc(Cl)cc1Cl. The molecule has 6 nitrogen and oxygen atoms in total. The van der Waals surface area contributed by atoms with Crippen molar-refractivity contribution >= 4 is 46.7 Å². The zero-order valence-corrected chi connectivity index (χ0v) is 15.4. The van der Waals surface area contributed by atoms with E-state index in [0.29, 0.717) is 10.2 Å². The second kappa shape index (κ2) is 7.86. The number of carbonyl (C=O) groups is 1. The van der Waals surface area contributed by atoms with E-state index in [1.165, 1.54) is 24.0 Å². The lowest BCUT2D eigenvalue weighted by molar-refractivity contribution is -0.115. The van der Waals surface area contributed by atoms with Crippen LogP contribution in [0.5, 0.6) is 0 Å². The Bertz CT molecular complexity index is 887. The van der Waals surface area contributed by atoms with E-state index in [9.17, 15) is 4.79 Å². The summed E-state index contributed by atoms with van der Waals surface area (Å²) in [7, 11) is 0. The van der Waals surface area contributed by atoms with Gasteiger partial charge in [0.2, 0.25) is 5.91 Å². The van der Waals surface area contributed by atoms with Crippen LogP contribution < -0.4 is 5.32 Å². The summed E-state index contributed by atoms with van der Waals surface area (Å²) in [6.07, 6.45) is 3.03. The molecule has 1 N–H and O–H groups in total. The second-order valence-corrected chi connectivity index (χ2v) is 7.20. The van der Waals surface area contributed by atoms with Gasteiger partial charge in [-0.2, -0.15) is 0 Å². The van der Waals surface area contributed by atoms with Crippen molar-refractivity contribution in [2.24, 2.45) is 0 Å². The summed E-state index contributed by atoms with van der Waals surface area (Å²) in [5.74, 6) is 0.0253. The number of para-hydroxylation sites is 1. The number of hydrogen-bond donors (Lipinski definition) is 1. The molecule has 3 aromatic rings. The number of amides is 1. The van der Waals surface area contributed by atoms with Gasteiger partial charge < -0.3 is 5.32 Å². The van der Waals surface area contributed by atoms with Crippen LogP contribution in [0.3, 0.4) is 0 Å². The van der Waals surface area contributed by atoms with Gasteiger partial charge in [-0.3, -0.25) is 9.36 Å². The molecule has 2 heterocycles. The van der Waals surface area contributed by atoms with E-state index >= 15 is 0 Å². The molecule has 128 valence electrons. The Labute approximate surface area is 158 Å². The summed E-state index contributed by atoms with van der Waals surface area (Å²) < 4.78 is 1.82. The molecular weight excluding hydrogens is 381 g/mol. The Morgan fingerprint density at radius 3 is 2.76 bits per heavy atom. The van der Waals surface area contributed by atoms with Gasteiger partial charge in [0.15, 0.2) is 11.0 Å². The van der Waals surface area contributed by atoms with E-state index < -0.39 is 5.25 Å². The lowest BCUT2D eigenvalue weighted by atomic mass is 10.3. The molecule has 1 aromatic carbocycles. The van der Waals surface area contributed by atoms with Crippen LogP contribution in [0.15, 0.2) is 54.1 Å². The van der Waals surface area contributed by atoms with Crippen molar-refractivity contribution in [3.8, 4) is 5.69 Å². The Balaban J connectivity index is 1.71. The molecule has 0 fully saturated rings. The van der Waals surface area contributed by atoms with Crippen molar-refractivity contribution in [2.45, 2.75) is 17.3 Å². The maximum Gasteiger partial charge on any atom is 0.238 e. The number of rotatable bonds is 5. The van der Waals surface area contributed by atoms with Gasteiger partial charge in [-0.1, -0.05) is 53.2 Å². The Hall–Kier alpha value is -2.09. The number of nitrogens with one attached hydrogen (secondary N) is 1. The second-order valence-electron chi connectivity index (χ2n) is 5.05. The minimum atomic E-state index is -0.430. The van der Waals surface area contributed by atoms with Crippen LogP contribution in [0.4, 0.5) is 5.82 Å².